The van der Waals surface area contributed by atoms with Crippen molar-refractivity contribution < 1.29 is 19.1 Å². The Hall–Kier alpha value is -2.74. The summed E-state index contributed by atoms with van der Waals surface area (Å²) >= 11 is 3.55. The molecule has 8 heteroatoms. The van der Waals surface area contributed by atoms with Gasteiger partial charge in [0.2, 0.25) is 0 Å². The third kappa shape index (κ3) is 8.93. The van der Waals surface area contributed by atoms with Gasteiger partial charge in [-0.2, -0.15) is 0 Å². The van der Waals surface area contributed by atoms with E-state index in [-0.39, 0.29) is 0 Å². The summed E-state index contributed by atoms with van der Waals surface area (Å²) in [6.45, 7) is 13.1. The maximum Gasteiger partial charge on any atom is 0.407 e. The van der Waals surface area contributed by atoms with Crippen LogP contribution in [0.3, 0.4) is 0 Å². The molecule has 0 bridgehead atoms. The van der Waals surface area contributed by atoms with E-state index in [2.05, 4.69) is 67.5 Å². The van der Waals surface area contributed by atoms with Gasteiger partial charge in [0.25, 0.3) is 0 Å². The number of aryl methyl sites for hydroxylation is 1. The van der Waals surface area contributed by atoms with Crippen LogP contribution in [-0.4, -0.2) is 46.4 Å². The molecule has 1 heterocycles. The van der Waals surface area contributed by atoms with Gasteiger partial charge in [0, 0.05) is 46.8 Å². The molecule has 0 radical (unpaired) electrons. The van der Waals surface area contributed by atoms with Gasteiger partial charge in [-0.15, -0.1) is 0 Å². The molecule has 1 aromatic heterocycles. The van der Waals surface area contributed by atoms with E-state index in [4.69, 9.17) is 9.47 Å². The van der Waals surface area contributed by atoms with Gasteiger partial charge in [0.15, 0.2) is 0 Å². The zero-order valence-electron chi connectivity index (χ0n) is 23.6. The van der Waals surface area contributed by atoms with Gasteiger partial charge >= 0.3 is 12.2 Å². The molecular formula is C30H42BrN3O4. The fourth-order valence-electron chi connectivity index (χ4n) is 4.36. The third-order valence-electron chi connectivity index (χ3n) is 5.92. The number of nitrogens with zero attached hydrogens (tertiary/aromatic N) is 1. The van der Waals surface area contributed by atoms with Gasteiger partial charge in [0.1, 0.15) is 11.2 Å². The molecule has 0 saturated carbocycles. The molecule has 0 fully saturated rings. The number of carbonyl (C=O) groups is 2. The second-order valence-corrected chi connectivity index (χ2v) is 12.4. The maximum atomic E-state index is 12.0. The van der Waals surface area contributed by atoms with E-state index in [9.17, 15) is 9.59 Å². The van der Waals surface area contributed by atoms with Crippen molar-refractivity contribution in [2.24, 2.45) is 0 Å². The summed E-state index contributed by atoms with van der Waals surface area (Å²) in [5.41, 5.74) is 3.71. The zero-order chi connectivity index (χ0) is 27.9. The fraction of sp³-hybridized carbons (Fsp3) is 0.533. The molecule has 0 unspecified atom stereocenters. The number of aromatic nitrogens is 1. The van der Waals surface area contributed by atoms with Gasteiger partial charge in [-0.3, -0.25) is 0 Å². The summed E-state index contributed by atoms with van der Waals surface area (Å²) in [6, 6.07) is 13.1. The average molecular weight is 589 g/mol. The van der Waals surface area contributed by atoms with Crippen molar-refractivity contribution in [1.82, 2.24) is 15.2 Å². The van der Waals surface area contributed by atoms with Gasteiger partial charge < -0.3 is 24.7 Å². The molecule has 0 atom stereocenters. The normalized spacial score (nSPS) is 12.1. The molecule has 0 aliphatic carbocycles. The van der Waals surface area contributed by atoms with Crippen LogP contribution in [0.25, 0.3) is 21.8 Å². The molecule has 3 aromatic rings. The van der Waals surface area contributed by atoms with Crippen molar-refractivity contribution in [3.8, 4) is 0 Å². The first kappa shape index (κ1) is 29.8. The highest BCUT2D eigenvalue weighted by molar-refractivity contribution is 9.09. The second kappa shape index (κ2) is 12.9. The molecule has 208 valence electrons. The number of halogens is 1. The molecule has 2 amide bonds. The zero-order valence-corrected chi connectivity index (χ0v) is 25.2. The van der Waals surface area contributed by atoms with Crippen molar-refractivity contribution in [2.75, 3.05) is 18.4 Å². The lowest BCUT2D eigenvalue weighted by molar-refractivity contribution is 0.0517. The van der Waals surface area contributed by atoms with E-state index in [1.54, 1.807) is 0 Å². The topological polar surface area (TPSA) is 81.6 Å². The lowest BCUT2D eigenvalue weighted by Crippen LogP contribution is -2.33. The van der Waals surface area contributed by atoms with Crippen molar-refractivity contribution >= 4 is 49.9 Å². The number of hydrogen-bond acceptors (Lipinski definition) is 4. The number of benzene rings is 2. The number of nitrogens with one attached hydrogen (secondary N) is 2. The molecule has 0 spiro atoms. The molecule has 0 aliphatic rings. The third-order valence-corrected chi connectivity index (χ3v) is 6.48. The van der Waals surface area contributed by atoms with E-state index in [1.807, 2.05) is 41.5 Å². The Morgan fingerprint density at radius 2 is 1.21 bits per heavy atom. The number of unbranched alkanes of at least 4 members (excludes halogenated alkanes) is 1. The van der Waals surface area contributed by atoms with Crippen LogP contribution in [0.5, 0.6) is 0 Å². The Morgan fingerprint density at radius 3 is 1.61 bits per heavy atom. The Balaban J connectivity index is 1.80. The van der Waals surface area contributed by atoms with Gasteiger partial charge in [-0.05, 0) is 103 Å². The average Bonchev–Trinajstić information content (AvgIpc) is 3.09. The van der Waals surface area contributed by atoms with Crippen LogP contribution in [0, 0.1) is 0 Å². The number of rotatable bonds is 10. The van der Waals surface area contributed by atoms with Gasteiger partial charge in [-0.25, -0.2) is 9.59 Å². The Morgan fingerprint density at radius 1 is 0.763 bits per heavy atom. The molecule has 0 aliphatic heterocycles. The van der Waals surface area contributed by atoms with Crippen LogP contribution in [0.1, 0.15) is 65.5 Å². The van der Waals surface area contributed by atoms with Crippen molar-refractivity contribution in [3.05, 3.63) is 47.5 Å². The summed E-state index contributed by atoms with van der Waals surface area (Å²) in [5, 5.41) is 9.11. The van der Waals surface area contributed by atoms with Crippen molar-refractivity contribution in [1.29, 1.82) is 0 Å². The first-order valence-electron chi connectivity index (χ1n) is 13.4. The Kier molecular flexibility index (Phi) is 10.1. The first-order valence-corrected chi connectivity index (χ1v) is 14.5. The molecule has 38 heavy (non-hydrogen) atoms. The van der Waals surface area contributed by atoms with Crippen LogP contribution >= 0.6 is 15.9 Å². The summed E-state index contributed by atoms with van der Waals surface area (Å²) in [6.07, 6.45) is 2.84. The van der Waals surface area contributed by atoms with Gasteiger partial charge in [0.05, 0.1) is 0 Å². The Bertz CT molecular complexity index is 1160. The standard InChI is InChI=1S/C30H42BrN3O4/c1-29(2,3)37-27(35)32-16-13-21-9-11-25-23(19-21)24-20-22(14-17-33-28(36)38-30(4,5)6)10-12-26(24)34(25)18-8-7-15-31/h9-12,19-20H,7-8,13-18H2,1-6H3,(H,32,35)(H,33,36). The smallest absolute Gasteiger partial charge is 0.407 e. The first-order chi connectivity index (χ1) is 17.9. The number of ether oxygens (including phenoxy) is 2. The van der Waals surface area contributed by atoms with Crippen LogP contribution < -0.4 is 10.6 Å². The number of amides is 2. The quantitative estimate of drug-likeness (QED) is 0.196. The Labute approximate surface area is 234 Å². The van der Waals surface area contributed by atoms with E-state index in [1.165, 1.54) is 21.8 Å². The van der Waals surface area contributed by atoms with E-state index >= 15 is 0 Å². The van der Waals surface area contributed by atoms with Crippen LogP contribution in [0.2, 0.25) is 0 Å². The summed E-state index contributed by atoms with van der Waals surface area (Å²) in [7, 11) is 0. The van der Waals surface area contributed by atoms with Crippen LogP contribution in [0.15, 0.2) is 36.4 Å². The monoisotopic (exact) mass is 587 g/mol. The minimum atomic E-state index is -0.514. The fourth-order valence-corrected chi connectivity index (χ4v) is 4.76. The number of alkyl carbamates (subject to hydrolysis) is 2. The van der Waals surface area contributed by atoms with Gasteiger partial charge in [-0.1, -0.05) is 28.1 Å². The van der Waals surface area contributed by atoms with Crippen LogP contribution in [0.4, 0.5) is 9.59 Å². The minimum absolute atomic E-state index is 0.397. The number of alkyl halides is 1. The lowest BCUT2D eigenvalue weighted by atomic mass is 10.0. The van der Waals surface area contributed by atoms with E-state index in [0.717, 1.165) is 35.8 Å². The molecule has 2 N–H and O–H groups in total. The highest BCUT2D eigenvalue weighted by Gasteiger charge is 2.17. The highest BCUT2D eigenvalue weighted by Crippen LogP contribution is 2.31. The SMILES string of the molecule is CC(C)(C)OC(=O)NCCc1ccc2c(c1)c1cc(CCNC(=O)OC(C)(C)C)ccc1n2CCCCBr. The molecule has 2 aromatic carbocycles. The number of fused-ring (bicyclic) bond motifs is 3. The summed E-state index contributed by atoms with van der Waals surface area (Å²) in [5.74, 6) is 0. The molecular weight excluding hydrogens is 546 g/mol. The van der Waals surface area contributed by atoms with Crippen molar-refractivity contribution in [3.63, 3.8) is 0 Å². The molecule has 0 saturated heterocycles. The predicted octanol–water partition coefficient (Wildman–Crippen LogP) is 7.10. The summed E-state index contributed by atoms with van der Waals surface area (Å²) in [4.78, 5) is 24.0. The summed E-state index contributed by atoms with van der Waals surface area (Å²) < 4.78 is 13.1. The lowest BCUT2D eigenvalue weighted by Gasteiger charge is -2.19. The minimum Gasteiger partial charge on any atom is -0.444 e. The van der Waals surface area contributed by atoms with E-state index in [0.29, 0.717) is 25.9 Å². The molecule has 7 nitrogen and oxygen atoms in total. The predicted molar refractivity (Wildman–Crippen MR) is 158 cm³/mol. The number of hydrogen-bond donors (Lipinski definition) is 2. The molecule has 3 rings (SSSR count). The maximum absolute atomic E-state index is 12.0. The van der Waals surface area contributed by atoms with Crippen LogP contribution in [-0.2, 0) is 28.9 Å². The van der Waals surface area contributed by atoms with E-state index < -0.39 is 23.4 Å². The highest BCUT2D eigenvalue weighted by atomic mass is 79.9. The second-order valence-electron chi connectivity index (χ2n) is 11.6. The number of carbonyl (C=O) groups excluding carboxylic acids is 2. The largest absolute Gasteiger partial charge is 0.444 e. The van der Waals surface area contributed by atoms with Crippen molar-refractivity contribution in [2.45, 2.75) is 85.0 Å².